The zero-order valence-corrected chi connectivity index (χ0v) is 19.5. The predicted octanol–water partition coefficient (Wildman–Crippen LogP) is 3.94. The van der Waals surface area contributed by atoms with Crippen LogP contribution in [0.2, 0.25) is 0 Å². The standard InChI is InChI=1S/C25H27N3O4S/c1-3-26-25(33)31-17-18-9-11-19(12-10-18)32-20-15-28(16-20)22-8-6-7-21(24(29)30-2)23(22)27-13-4-5-14-27/h4-14,20H,3,15-17H2,1-2H3,(H,26,33). The van der Waals surface area contributed by atoms with Crippen molar-refractivity contribution < 1.29 is 19.0 Å². The van der Waals surface area contributed by atoms with E-state index in [-0.39, 0.29) is 12.1 Å². The first-order chi connectivity index (χ1) is 16.1. The number of aromatic nitrogens is 1. The van der Waals surface area contributed by atoms with Gasteiger partial charge in [0, 0.05) is 18.9 Å². The number of ether oxygens (including phenoxy) is 3. The molecule has 0 spiro atoms. The van der Waals surface area contributed by atoms with Crippen LogP contribution in [-0.4, -0.2) is 48.6 Å². The zero-order chi connectivity index (χ0) is 23.2. The summed E-state index contributed by atoms with van der Waals surface area (Å²) in [5.74, 6) is 0.454. The first-order valence-electron chi connectivity index (χ1n) is 10.8. The van der Waals surface area contributed by atoms with Crippen LogP contribution in [0.5, 0.6) is 5.75 Å². The number of carbonyl (C=O) groups is 1. The minimum atomic E-state index is -0.357. The first-order valence-corrected chi connectivity index (χ1v) is 11.3. The lowest BCUT2D eigenvalue weighted by Crippen LogP contribution is -2.54. The molecule has 0 bridgehead atoms. The average Bonchev–Trinajstić information content (AvgIpc) is 3.34. The van der Waals surface area contributed by atoms with Gasteiger partial charge in [-0.3, -0.25) is 0 Å². The fourth-order valence-electron chi connectivity index (χ4n) is 3.73. The Hall–Kier alpha value is -3.52. The summed E-state index contributed by atoms with van der Waals surface area (Å²) in [6.45, 7) is 4.58. The lowest BCUT2D eigenvalue weighted by atomic mass is 10.1. The van der Waals surface area contributed by atoms with Gasteiger partial charge < -0.3 is 29.0 Å². The highest BCUT2D eigenvalue weighted by Gasteiger charge is 2.32. The molecular weight excluding hydrogens is 438 g/mol. The first kappa shape index (κ1) is 22.7. The van der Waals surface area contributed by atoms with E-state index in [0.29, 0.717) is 17.3 Å². The molecule has 0 amide bonds. The van der Waals surface area contributed by atoms with Gasteiger partial charge in [-0.2, -0.15) is 0 Å². The second-order valence-corrected chi connectivity index (χ2v) is 8.02. The van der Waals surface area contributed by atoms with Gasteiger partial charge in [-0.25, -0.2) is 4.79 Å². The molecule has 2 heterocycles. The Morgan fingerprint density at radius 2 is 1.82 bits per heavy atom. The number of hydrogen-bond donors (Lipinski definition) is 1. The minimum absolute atomic E-state index is 0.0627. The quantitative estimate of drug-likeness (QED) is 0.399. The molecular formula is C25H27N3O4S. The van der Waals surface area contributed by atoms with Crippen molar-refractivity contribution in [2.24, 2.45) is 0 Å². The number of benzene rings is 2. The van der Waals surface area contributed by atoms with Gasteiger partial charge in [0.1, 0.15) is 18.5 Å². The molecule has 33 heavy (non-hydrogen) atoms. The lowest BCUT2D eigenvalue weighted by Gasteiger charge is -2.41. The summed E-state index contributed by atoms with van der Waals surface area (Å²) in [6, 6.07) is 17.4. The van der Waals surface area contributed by atoms with Crippen LogP contribution in [0.4, 0.5) is 5.69 Å². The van der Waals surface area contributed by atoms with Crippen molar-refractivity contribution in [3.63, 3.8) is 0 Å². The highest BCUT2D eigenvalue weighted by Crippen LogP contribution is 2.33. The minimum Gasteiger partial charge on any atom is -0.487 e. The highest BCUT2D eigenvalue weighted by molar-refractivity contribution is 7.80. The summed E-state index contributed by atoms with van der Waals surface area (Å²) >= 11 is 5.08. The topological polar surface area (TPSA) is 65.0 Å². The van der Waals surface area contributed by atoms with Gasteiger partial charge in [0.2, 0.25) is 0 Å². The third-order valence-electron chi connectivity index (χ3n) is 5.39. The molecule has 1 aliphatic rings. The van der Waals surface area contributed by atoms with E-state index in [1.54, 1.807) is 6.07 Å². The van der Waals surface area contributed by atoms with E-state index in [1.165, 1.54) is 7.11 Å². The third-order valence-corrected chi connectivity index (χ3v) is 5.65. The maximum Gasteiger partial charge on any atom is 0.340 e. The van der Waals surface area contributed by atoms with Gasteiger partial charge in [0.15, 0.2) is 0 Å². The Morgan fingerprint density at radius 1 is 1.09 bits per heavy atom. The smallest absolute Gasteiger partial charge is 0.340 e. The third kappa shape index (κ3) is 5.28. The fourth-order valence-corrected chi connectivity index (χ4v) is 3.93. The number of anilines is 1. The van der Waals surface area contributed by atoms with Gasteiger partial charge in [-0.15, -0.1) is 0 Å². The number of para-hydroxylation sites is 1. The van der Waals surface area contributed by atoms with Crippen molar-refractivity contribution in [1.29, 1.82) is 0 Å². The highest BCUT2D eigenvalue weighted by atomic mass is 32.1. The SMILES string of the molecule is CCNC(=S)OCc1ccc(OC2CN(c3cccc(C(=O)OC)c3-n3cccc3)C2)cc1. The zero-order valence-electron chi connectivity index (χ0n) is 18.7. The molecule has 172 valence electrons. The number of hydrogen-bond acceptors (Lipinski definition) is 6. The molecule has 1 aliphatic heterocycles. The van der Waals surface area contributed by atoms with Gasteiger partial charge in [0.05, 0.1) is 37.1 Å². The van der Waals surface area contributed by atoms with Gasteiger partial charge in [0.25, 0.3) is 5.17 Å². The normalized spacial score (nSPS) is 13.2. The van der Waals surface area contributed by atoms with Gasteiger partial charge >= 0.3 is 5.97 Å². The summed E-state index contributed by atoms with van der Waals surface area (Å²) < 4.78 is 18.6. The van der Waals surface area contributed by atoms with E-state index < -0.39 is 0 Å². The van der Waals surface area contributed by atoms with E-state index in [1.807, 2.05) is 72.4 Å². The maximum absolute atomic E-state index is 12.4. The summed E-state index contributed by atoms with van der Waals surface area (Å²) in [7, 11) is 1.40. The van der Waals surface area contributed by atoms with Crippen molar-refractivity contribution in [2.45, 2.75) is 19.6 Å². The Labute approximate surface area is 198 Å². The summed E-state index contributed by atoms with van der Waals surface area (Å²) in [4.78, 5) is 14.6. The van der Waals surface area contributed by atoms with Crippen LogP contribution >= 0.6 is 12.2 Å². The number of methoxy groups -OCH3 is 1. The van der Waals surface area contributed by atoms with Crippen molar-refractivity contribution >= 4 is 29.0 Å². The molecule has 2 aromatic carbocycles. The average molecular weight is 466 g/mol. The van der Waals surface area contributed by atoms with E-state index in [9.17, 15) is 4.79 Å². The Kier molecular flexibility index (Phi) is 7.14. The van der Waals surface area contributed by atoms with E-state index in [0.717, 1.165) is 42.3 Å². The second kappa shape index (κ2) is 10.4. The summed E-state index contributed by atoms with van der Waals surface area (Å²) in [5, 5.41) is 3.37. The van der Waals surface area contributed by atoms with Crippen molar-refractivity contribution in [3.8, 4) is 11.4 Å². The largest absolute Gasteiger partial charge is 0.487 e. The summed E-state index contributed by atoms with van der Waals surface area (Å²) in [5.41, 5.74) is 3.33. The number of nitrogens with one attached hydrogen (secondary N) is 1. The van der Waals surface area contributed by atoms with Crippen LogP contribution in [-0.2, 0) is 16.1 Å². The lowest BCUT2D eigenvalue weighted by molar-refractivity contribution is 0.0600. The number of nitrogens with zero attached hydrogens (tertiary/aromatic N) is 2. The van der Waals surface area contributed by atoms with Crippen molar-refractivity contribution in [3.05, 3.63) is 78.1 Å². The number of thiocarbonyl (C=S) groups is 1. The molecule has 0 unspecified atom stereocenters. The predicted molar refractivity (Wildman–Crippen MR) is 131 cm³/mol. The molecule has 8 heteroatoms. The number of rotatable bonds is 8. The van der Waals surface area contributed by atoms with Crippen LogP contribution in [0.15, 0.2) is 67.0 Å². The van der Waals surface area contributed by atoms with Gasteiger partial charge in [-0.05, 0) is 61.1 Å². The molecule has 3 aromatic rings. The van der Waals surface area contributed by atoms with Crippen molar-refractivity contribution in [1.82, 2.24) is 9.88 Å². The molecule has 0 aliphatic carbocycles. The summed E-state index contributed by atoms with van der Waals surface area (Å²) in [6.07, 6.45) is 3.91. The fraction of sp³-hybridized carbons (Fsp3) is 0.280. The van der Waals surface area contributed by atoms with Crippen LogP contribution in [0, 0.1) is 0 Å². The van der Waals surface area contributed by atoms with E-state index in [2.05, 4.69) is 10.2 Å². The molecule has 0 atom stereocenters. The van der Waals surface area contributed by atoms with E-state index >= 15 is 0 Å². The maximum atomic E-state index is 12.4. The Balaban J connectivity index is 1.39. The van der Waals surface area contributed by atoms with Crippen LogP contribution < -0.4 is 15.0 Å². The molecule has 1 fully saturated rings. The van der Waals surface area contributed by atoms with Crippen molar-refractivity contribution in [2.75, 3.05) is 31.6 Å². The molecule has 1 saturated heterocycles. The second-order valence-electron chi connectivity index (χ2n) is 7.65. The molecule has 0 saturated carbocycles. The monoisotopic (exact) mass is 465 g/mol. The Bertz CT molecular complexity index is 1090. The number of carbonyl (C=O) groups excluding carboxylic acids is 1. The molecule has 1 aromatic heterocycles. The van der Waals surface area contributed by atoms with Crippen LogP contribution in [0.3, 0.4) is 0 Å². The molecule has 4 rings (SSSR count). The molecule has 7 nitrogen and oxygen atoms in total. The molecule has 0 radical (unpaired) electrons. The van der Waals surface area contributed by atoms with Crippen LogP contribution in [0.1, 0.15) is 22.8 Å². The Morgan fingerprint density at radius 3 is 2.48 bits per heavy atom. The number of esters is 1. The molecule has 1 N–H and O–H groups in total. The van der Waals surface area contributed by atoms with Gasteiger partial charge in [-0.1, -0.05) is 18.2 Å². The van der Waals surface area contributed by atoms with Crippen LogP contribution in [0.25, 0.3) is 5.69 Å². The van der Waals surface area contributed by atoms with E-state index in [4.69, 9.17) is 26.4 Å².